The van der Waals surface area contributed by atoms with Gasteiger partial charge >= 0.3 is 33.0 Å². The molecule has 0 aliphatic carbocycles. The molecule has 7 rings (SSSR count). The molecule has 45 heavy (non-hydrogen) atoms. The van der Waals surface area contributed by atoms with Crippen LogP contribution in [0.1, 0.15) is 0 Å². The van der Waals surface area contributed by atoms with Gasteiger partial charge in [-0.15, -0.1) is 29.8 Å². The zero-order valence-corrected chi connectivity index (χ0v) is 26.2. The number of nitrogens with zero attached hydrogens (tertiary/aromatic N) is 3. The minimum absolute atomic E-state index is 0. The first-order valence-corrected chi connectivity index (χ1v) is 15.0. The maximum absolute atomic E-state index is 13.1. The van der Waals surface area contributed by atoms with Crippen LogP contribution in [0.5, 0.6) is 0 Å². The van der Waals surface area contributed by atoms with Crippen LogP contribution in [0.2, 0.25) is 0 Å². The molecule has 0 N–H and O–H groups in total. The van der Waals surface area contributed by atoms with Gasteiger partial charge in [-0.25, -0.2) is 14.4 Å². The van der Waals surface area contributed by atoms with Crippen molar-refractivity contribution >= 4 is 40.5 Å². The van der Waals surface area contributed by atoms with Gasteiger partial charge in [0.2, 0.25) is 0 Å². The quantitative estimate of drug-likeness (QED) is 0.0991. The van der Waals surface area contributed by atoms with Gasteiger partial charge in [-0.05, 0) is 41.4 Å². The zero-order valence-electron chi connectivity index (χ0n) is 22.9. The van der Waals surface area contributed by atoms with Crippen molar-refractivity contribution in [3.05, 3.63) is 139 Å². The SMILES string of the molecule is F[P-](F)(F)(F)(F)F.Fc1[c-]c(-c2ccc3ccccc3n2)ccc1.[Ir].c1ccc2nc(-c3ccc4ccccc4n3)ccc2c1. The van der Waals surface area contributed by atoms with Crippen molar-refractivity contribution in [2.24, 2.45) is 0 Å². The largest absolute Gasteiger partial charge is 0.296 e. The molecule has 3 aromatic heterocycles. The van der Waals surface area contributed by atoms with E-state index in [0.29, 0.717) is 5.56 Å². The number of hydrogen-bond donors (Lipinski definition) is 0. The van der Waals surface area contributed by atoms with Crippen molar-refractivity contribution in [3.8, 4) is 22.6 Å². The van der Waals surface area contributed by atoms with E-state index in [2.05, 4.69) is 45.3 Å². The monoisotopic (exact) mass is 816 g/mol. The van der Waals surface area contributed by atoms with Gasteiger partial charge in [-0.2, -0.15) is 0 Å². The van der Waals surface area contributed by atoms with Gasteiger partial charge in [0, 0.05) is 36.7 Å². The molecule has 0 saturated heterocycles. The maximum atomic E-state index is 13.1. The van der Waals surface area contributed by atoms with E-state index in [-0.39, 0.29) is 25.9 Å². The van der Waals surface area contributed by atoms with Crippen LogP contribution in [0, 0.1) is 11.9 Å². The number of rotatable bonds is 2. The van der Waals surface area contributed by atoms with Crippen molar-refractivity contribution in [1.82, 2.24) is 15.0 Å². The van der Waals surface area contributed by atoms with Crippen LogP contribution < -0.4 is 0 Å². The molecule has 0 atom stereocenters. The third kappa shape index (κ3) is 10.4. The fourth-order valence-corrected chi connectivity index (χ4v) is 4.22. The van der Waals surface area contributed by atoms with Crippen LogP contribution in [0.25, 0.3) is 55.4 Å². The Morgan fingerprint density at radius 1 is 0.422 bits per heavy atom. The van der Waals surface area contributed by atoms with E-state index in [4.69, 9.17) is 0 Å². The van der Waals surface area contributed by atoms with Crippen molar-refractivity contribution < 1.29 is 49.7 Å². The van der Waals surface area contributed by atoms with E-state index >= 15 is 0 Å². The van der Waals surface area contributed by atoms with Gasteiger partial charge in [0.05, 0.1) is 27.9 Å². The standard InChI is InChI=1S/C18H12N2.C15H9FN.F6P.Ir/c1-3-7-15-13(5-1)9-11-17(19-15)18-12-10-14-6-2-4-8-16(14)20-18;16-13-6-3-5-12(10-13)15-9-8-11-4-1-2-7-14(11)17-15;1-7(2,3,4,5)6;/h1-12H;1-9H;;/q;2*-1;. The average molecular weight is 816 g/mol. The van der Waals surface area contributed by atoms with Crippen LogP contribution in [0.4, 0.5) is 29.6 Å². The predicted molar refractivity (Wildman–Crippen MR) is 162 cm³/mol. The van der Waals surface area contributed by atoms with Gasteiger partial charge < -0.3 is 0 Å². The first kappa shape index (κ1) is 33.6. The average Bonchev–Trinajstić information content (AvgIpc) is 2.99. The first-order chi connectivity index (χ1) is 20.7. The summed E-state index contributed by atoms with van der Waals surface area (Å²) in [6, 6.07) is 43.7. The van der Waals surface area contributed by atoms with Crippen LogP contribution in [-0.4, -0.2) is 15.0 Å². The number of benzene rings is 4. The topological polar surface area (TPSA) is 38.7 Å². The van der Waals surface area contributed by atoms with E-state index in [1.807, 2.05) is 84.9 Å². The number of pyridine rings is 3. The summed E-state index contributed by atoms with van der Waals surface area (Å²) in [5.74, 6) is -0.363. The Labute approximate surface area is 266 Å². The normalized spacial score (nSPS) is 12.5. The number of hydrogen-bond acceptors (Lipinski definition) is 3. The molecule has 0 amide bonds. The second kappa shape index (κ2) is 12.6. The molecular weight excluding hydrogens is 795 g/mol. The Balaban J connectivity index is 0.000000169. The second-order valence-corrected chi connectivity index (χ2v) is 11.5. The Hall–Kier alpha value is -4.30. The summed E-state index contributed by atoms with van der Waals surface area (Å²) in [5, 5.41) is 3.38. The van der Waals surface area contributed by atoms with Crippen LogP contribution in [0.15, 0.2) is 127 Å². The van der Waals surface area contributed by atoms with Gasteiger partial charge in [0.25, 0.3) is 0 Å². The van der Waals surface area contributed by atoms with E-state index in [1.165, 1.54) is 6.07 Å². The number of aromatic nitrogens is 3. The van der Waals surface area contributed by atoms with Crippen LogP contribution in [0.3, 0.4) is 0 Å². The van der Waals surface area contributed by atoms with Gasteiger partial charge in [-0.3, -0.25) is 4.98 Å². The van der Waals surface area contributed by atoms with Crippen molar-refractivity contribution in [2.45, 2.75) is 0 Å². The van der Waals surface area contributed by atoms with Crippen LogP contribution >= 0.6 is 7.81 Å². The summed E-state index contributed by atoms with van der Waals surface area (Å²) in [6.45, 7) is 0. The predicted octanol–water partition coefficient (Wildman–Crippen LogP) is 11.7. The molecule has 0 saturated carbocycles. The molecule has 0 bridgehead atoms. The fourth-order valence-electron chi connectivity index (χ4n) is 4.22. The minimum atomic E-state index is -10.7. The molecule has 12 heteroatoms. The van der Waals surface area contributed by atoms with Gasteiger partial charge in [0.15, 0.2) is 0 Å². The Bertz CT molecular complexity index is 2020. The van der Waals surface area contributed by atoms with Gasteiger partial charge in [-0.1, -0.05) is 78.9 Å². The third-order valence-corrected chi connectivity index (χ3v) is 6.09. The smallest absolute Gasteiger partial charge is 0.0894 e. The zero-order chi connectivity index (χ0) is 31.4. The second-order valence-electron chi connectivity index (χ2n) is 9.54. The minimum Gasteiger partial charge on any atom is -0.296 e. The Kier molecular flexibility index (Phi) is 9.40. The summed E-state index contributed by atoms with van der Waals surface area (Å²) < 4.78 is 72.3. The molecule has 0 aliphatic rings. The molecule has 0 aliphatic heterocycles. The first-order valence-electron chi connectivity index (χ1n) is 13.0. The Morgan fingerprint density at radius 2 is 0.778 bits per heavy atom. The third-order valence-electron chi connectivity index (χ3n) is 6.09. The Morgan fingerprint density at radius 3 is 1.18 bits per heavy atom. The van der Waals surface area contributed by atoms with Gasteiger partial charge in [0.1, 0.15) is 0 Å². The molecule has 3 heterocycles. The molecule has 7 aromatic rings. The van der Waals surface area contributed by atoms with Crippen molar-refractivity contribution in [1.29, 1.82) is 0 Å². The molecule has 0 unspecified atom stereocenters. The number of halogens is 7. The molecular formula is C33H21F7IrN3P-2. The van der Waals surface area contributed by atoms with Crippen LogP contribution in [-0.2, 0) is 20.1 Å². The van der Waals surface area contributed by atoms with Crippen molar-refractivity contribution in [2.75, 3.05) is 0 Å². The van der Waals surface area contributed by atoms with E-state index < -0.39 is 7.81 Å². The summed E-state index contributed by atoms with van der Waals surface area (Å²) in [7, 11) is -10.7. The summed E-state index contributed by atoms with van der Waals surface area (Å²) >= 11 is 0. The molecule has 0 fully saturated rings. The molecule has 233 valence electrons. The van der Waals surface area contributed by atoms with E-state index in [9.17, 15) is 29.6 Å². The molecule has 0 spiro atoms. The van der Waals surface area contributed by atoms with E-state index in [0.717, 1.165) is 49.8 Å². The number of fused-ring (bicyclic) bond motifs is 3. The molecule has 3 nitrogen and oxygen atoms in total. The fraction of sp³-hybridized carbons (Fsp3) is 0. The van der Waals surface area contributed by atoms with Crippen molar-refractivity contribution in [3.63, 3.8) is 0 Å². The summed E-state index contributed by atoms with van der Waals surface area (Å²) in [4.78, 5) is 13.9. The maximum Gasteiger partial charge on any atom is 0.0894 e. The molecule has 1 radical (unpaired) electrons. The number of para-hydroxylation sites is 3. The van der Waals surface area contributed by atoms with E-state index in [1.54, 1.807) is 12.1 Å². The summed E-state index contributed by atoms with van der Waals surface area (Å²) in [5.41, 5.74) is 6.14. The summed E-state index contributed by atoms with van der Waals surface area (Å²) in [6.07, 6.45) is 0. The molecule has 4 aromatic carbocycles.